The van der Waals surface area contributed by atoms with E-state index in [0.29, 0.717) is 6.42 Å². The van der Waals surface area contributed by atoms with Crippen molar-refractivity contribution in [1.82, 2.24) is 9.80 Å². The zero-order chi connectivity index (χ0) is 23.5. The standard InChI is InChI=1S/C22H33BrN2O6/c1-7-8-24(21(4,5)6)19(28)17-22-9-12(23)16(31-22)14(20(29)30)15(22)18(27)25(17)13(10-26)11(2)3/h7,11-17,26H,1,8-10H2,2-6H3,(H,29,30)/t12?,13-,14+,15-,16+,17?,22?/m0/s1. The number of ether oxygens (including phenoxy) is 1. The Morgan fingerprint density at radius 2 is 2.03 bits per heavy atom. The van der Waals surface area contributed by atoms with E-state index < -0.39 is 53.0 Å². The molecule has 3 unspecified atom stereocenters. The highest BCUT2D eigenvalue weighted by Gasteiger charge is 2.77. The number of nitrogens with zero attached hydrogens (tertiary/aromatic N) is 2. The molecule has 0 saturated carbocycles. The molecule has 9 heteroatoms. The summed E-state index contributed by atoms with van der Waals surface area (Å²) in [6, 6.07) is -1.64. The second kappa shape index (κ2) is 8.15. The molecular formula is C22H33BrN2O6. The molecule has 3 saturated heterocycles. The third kappa shape index (κ3) is 3.53. The van der Waals surface area contributed by atoms with Crippen LogP contribution in [0.3, 0.4) is 0 Å². The highest BCUT2D eigenvalue weighted by atomic mass is 79.9. The Morgan fingerprint density at radius 3 is 2.48 bits per heavy atom. The molecule has 2 N–H and O–H groups in total. The molecule has 3 rings (SSSR count). The van der Waals surface area contributed by atoms with Gasteiger partial charge < -0.3 is 24.7 Å². The second-order valence-electron chi connectivity index (χ2n) is 10.1. The van der Waals surface area contributed by atoms with Crippen LogP contribution in [0.2, 0.25) is 0 Å². The third-order valence-corrected chi connectivity index (χ3v) is 7.79. The quantitative estimate of drug-likeness (QED) is 0.406. The summed E-state index contributed by atoms with van der Waals surface area (Å²) in [5.41, 5.74) is -1.80. The van der Waals surface area contributed by atoms with Gasteiger partial charge in [0.25, 0.3) is 0 Å². The number of fused-ring (bicyclic) bond motifs is 1. The normalized spacial score (nSPS) is 35.4. The minimum Gasteiger partial charge on any atom is -0.481 e. The Kier molecular flexibility index (Phi) is 6.37. The van der Waals surface area contributed by atoms with Crippen LogP contribution in [0.5, 0.6) is 0 Å². The summed E-state index contributed by atoms with van der Waals surface area (Å²) >= 11 is 3.53. The molecule has 3 aliphatic heterocycles. The summed E-state index contributed by atoms with van der Waals surface area (Å²) in [4.78, 5) is 42.7. The Hall–Kier alpha value is -1.45. The first-order chi connectivity index (χ1) is 14.3. The number of hydrogen-bond acceptors (Lipinski definition) is 5. The number of likely N-dealkylation sites (tertiary alicyclic amines) is 1. The molecule has 2 bridgehead atoms. The van der Waals surface area contributed by atoms with Crippen LogP contribution in [0.4, 0.5) is 0 Å². The lowest BCUT2D eigenvalue weighted by Crippen LogP contribution is -2.62. The Bertz CT molecular complexity index is 780. The number of amides is 2. The first-order valence-corrected chi connectivity index (χ1v) is 11.6. The molecule has 174 valence electrons. The van der Waals surface area contributed by atoms with E-state index in [2.05, 4.69) is 22.5 Å². The first kappa shape index (κ1) is 24.2. The molecule has 3 aliphatic rings. The fraction of sp³-hybridized carbons (Fsp3) is 0.773. The molecule has 0 radical (unpaired) electrons. The van der Waals surface area contributed by atoms with E-state index in [1.54, 1.807) is 11.0 Å². The maximum absolute atomic E-state index is 14.0. The number of alkyl halides is 1. The molecule has 7 atom stereocenters. The van der Waals surface area contributed by atoms with Gasteiger partial charge in [0.2, 0.25) is 11.8 Å². The molecule has 31 heavy (non-hydrogen) atoms. The lowest BCUT2D eigenvalue weighted by atomic mass is 9.70. The van der Waals surface area contributed by atoms with Crippen LogP contribution in [-0.4, -0.2) is 85.1 Å². The number of carbonyl (C=O) groups excluding carboxylic acids is 2. The van der Waals surface area contributed by atoms with Gasteiger partial charge in [-0.25, -0.2) is 0 Å². The Morgan fingerprint density at radius 1 is 1.42 bits per heavy atom. The van der Waals surface area contributed by atoms with Crippen molar-refractivity contribution in [2.24, 2.45) is 17.8 Å². The topological polar surface area (TPSA) is 107 Å². The summed E-state index contributed by atoms with van der Waals surface area (Å²) in [5.74, 6) is -3.98. The van der Waals surface area contributed by atoms with Gasteiger partial charge in [-0.2, -0.15) is 0 Å². The second-order valence-corrected chi connectivity index (χ2v) is 11.3. The number of aliphatic hydroxyl groups is 1. The van der Waals surface area contributed by atoms with Gasteiger partial charge in [-0.05, 0) is 33.1 Å². The number of carboxylic acids is 1. The lowest BCUT2D eigenvalue weighted by molar-refractivity contribution is -0.156. The molecule has 2 amide bonds. The van der Waals surface area contributed by atoms with E-state index in [9.17, 15) is 24.6 Å². The van der Waals surface area contributed by atoms with Gasteiger partial charge in [0.1, 0.15) is 11.6 Å². The Balaban J connectivity index is 2.18. The van der Waals surface area contributed by atoms with Crippen molar-refractivity contribution in [1.29, 1.82) is 0 Å². The van der Waals surface area contributed by atoms with Crippen LogP contribution in [0, 0.1) is 17.8 Å². The van der Waals surface area contributed by atoms with Crippen LogP contribution in [0.25, 0.3) is 0 Å². The number of aliphatic hydroxyl groups excluding tert-OH is 1. The molecule has 1 spiro atoms. The van der Waals surface area contributed by atoms with Gasteiger partial charge in [-0.15, -0.1) is 6.58 Å². The summed E-state index contributed by atoms with van der Waals surface area (Å²) in [6.45, 7) is 13.1. The van der Waals surface area contributed by atoms with Crippen molar-refractivity contribution in [3.8, 4) is 0 Å². The number of aliphatic carboxylic acids is 1. The summed E-state index contributed by atoms with van der Waals surface area (Å²) in [5, 5.41) is 20.1. The van der Waals surface area contributed by atoms with E-state index >= 15 is 0 Å². The Labute approximate surface area is 191 Å². The van der Waals surface area contributed by atoms with E-state index in [1.807, 2.05) is 34.6 Å². The lowest BCUT2D eigenvalue weighted by Gasteiger charge is -2.44. The molecule has 0 aliphatic carbocycles. The average Bonchev–Trinajstić information content (AvgIpc) is 3.23. The highest BCUT2D eigenvalue weighted by Crippen LogP contribution is 2.60. The predicted molar refractivity (Wildman–Crippen MR) is 118 cm³/mol. The maximum Gasteiger partial charge on any atom is 0.310 e. The minimum absolute atomic E-state index is 0.137. The number of carboxylic acid groups (broad SMARTS) is 1. The average molecular weight is 501 g/mol. The fourth-order valence-electron chi connectivity index (χ4n) is 5.58. The van der Waals surface area contributed by atoms with Gasteiger partial charge in [0, 0.05) is 16.9 Å². The summed E-state index contributed by atoms with van der Waals surface area (Å²) in [7, 11) is 0. The van der Waals surface area contributed by atoms with Crippen molar-refractivity contribution in [2.75, 3.05) is 13.2 Å². The van der Waals surface area contributed by atoms with Crippen LogP contribution in [-0.2, 0) is 19.1 Å². The van der Waals surface area contributed by atoms with Crippen molar-refractivity contribution in [2.45, 2.75) is 75.2 Å². The fourth-order valence-corrected chi connectivity index (χ4v) is 6.52. The van der Waals surface area contributed by atoms with Crippen molar-refractivity contribution in [3.05, 3.63) is 12.7 Å². The van der Waals surface area contributed by atoms with Gasteiger partial charge in [-0.3, -0.25) is 14.4 Å². The first-order valence-electron chi connectivity index (χ1n) is 10.7. The molecule has 0 aromatic heterocycles. The zero-order valence-electron chi connectivity index (χ0n) is 18.7. The minimum atomic E-state index is -1.25. The highest BCUT2D eigenvalue weighted by molar-refractivity contribution is 9.09. The van der Waals surface area contributed by atoms with Crippen LogP contribution < -0.4 is 0 Å². The van der Waals surface area contributed by atoms with Gasteiger partial charge in [0.15, 0.2) is 0 Å². The summed E-state index contributed by atoms with van der Waals surface area (Å²) in [6.07, 6.45) is 1.30. The van der Waals surface area contributed by atoms with Crippen LogP contribution >= 0.6 is 15.9 Å². The van der Waals surface area contributed by atoms with Crippen molar-refractivity contribution < 1.29 is 29.3 Å². The van der Waals surface area contributed by atoms with Gasteiger partial charge in [0.05, 0.1) is 30.6 Å². The maximum atomic E-state index is 14.0. The predicted octanol–water partition coefficient (Wildman–Crippen LogP) is 1.65. The van der Waals surface area contributed by atoms with Gasteiger partial charge >= 0.3 is 5.97 Å². The van der Waals surface area contributed by atoms with Crippen molar-refractivity contribution >= 4 is 33.7 Å². The van der Waals surface area contributed by atoms with E-state index in [-0.39, 0.29) is 29.8 Å². The SMILES string of the molecule is C=CCN(C(=O)C1N([C@@H](CO)C(C)C)C(=O)[C@@H]2[C@@H](C(=O)O)[C@@H]3OC12CC3Br)C(C)(C)C. The molecule has 0 aromatic rings. The monoisotopic (exact) mass is 500 g/mol. The molecule has 8 nitrogen and oxygen atoms in total. The number of hydrogen-bond donors (Lipinski definition) is 2. The van der Waals surface area contributed by atoms with Crippen LogP contribution in [0.1, 0.15) is 41.0 Å². The smallest absolute Gasteiger partial charge is 0.310 e. The molecular weight excluding hydrogens is 468 g/mol. The number of rotatable bonds is 7. The largest absolute Gasteiger partial charge is 0.481 e. The number of carbonyl (C=O) groups is 3. The summed E-state index contributed by atoms with van der Waals surface area (Å²) < 4.78 is 6.27. The number of halogens is 1. The molecule has 3 fully saturated rings. The van der Waals surface area contributed by atoms with Gasteiger partial charge in [-0.1, -0.05) is 35.9 Å². The van der Waals surface area contributed by atoms with Crippen molar-refractivity contribution in [3.63, 3.8) is 0 Å². The molecule has 3 heterocycles. The van der Waals surface area contributed by atoms with Crippen LogP contribution in [0.15, 0.2) is 12.7 Å². The zero-order valence-corrected chi connectivity index (χ0v) is 20.3. The third-order valence-electron chi connectivity index (χ3n) is 6.95. The molecule has 0 aromatic carbocycles. The van der Waals surface area contributed by atoms with E-state index in [0.717, 1.165) is 0 Å². The van der Waals surface area contributed by atoms with E-state index in [4.69, 9.17) is 4.74 Å². The van der Waals surface area contributed by atoms with E-state index in [1.165, 1.54) is 4.90 Å².